The Balaban J connectivity index is 0.000000164. The van der Waals surface area contributed by atoms with Crippen LogP contribution in [0.4, 0.5) is 0 Å². The highest BCUT2D eigenvalue weighted by Crippen LogP contribution is 2.39. The Labute approximate surface area is 176 Å². The van der Waals surface area contributed by atoms with Gasteiger partial charge in [0.25, 0.3) is 0 Å². The lowest BCUT2D eigenvalue weighted by atomic mass is 9.90. The minimum Gasteiger partial charge on any atom is -0.0984 e. The minimum absolute atomic E-state index is 1.14. The van der Waals surface area contributed by atoms with E-state index in [0.717, 1.165) is 11.1 Å². The molecule has 142 valence electrons. The molecule has 0 amide bonds. The van der Waals surface area contributed by atoms with Gasteiger partial charge in [0.05, 0.1) is 0 Å². The summed E-state index contributed by atoms with van der Waals surface area (Å²) >= 11 is 0. The van der Waals surface area contributed by atoms with Gasteiger partial charge in [-0.2, -0.15) is 0 Å². The van der Waals surface area contributed by atoms with E-state index >= 15 is 0 Å². The van der Waals surface area contributed by atoms with Crippen LogP contribution >= 0.6 is 0 Å². The molecule has 0 aromatic heterocycles. The van der Waals surface area contributed by atoms with Crippen molar-refractivity contribution in [1.82, 2.24) is 0 Å². The maximum Gasteiger partial charge on any atom is -0.00264 e. The lowest BCUT2D eigenvalue weighted by Gasteiger charge is -2.13. The van der Waals surface area contributed by atoms with E-state index in [2.05, 4.69) is 86.0 Å². The molecule has 0 atom stereocenters. The molecule has 30 heavy (non-hydrogen) atoms. The van der Waals surface area contributed by atoms with Gasteiger partial charge in [-0.25, -0.2) is 0 Å². The third-order valence-corrected chi connectivity index (χ3v) is 5.83. The molecule has 0 aliphatic carbocycles. The molecule has 0 N–H and O–H groups in total. The fraction of sp³-hybridized carbons (Fsp3) is 0. The van der Waals surface area contributed by atoms with Gasteiger partial charge < -0.3 is 0 Å². The molecule has 0 saturated carbocycles. The van der Waals surface area contributed by atoms with Gasteiger partial charge in [-0.15, -0.1) is 0 Å². The van der Waals surface area contributed by atoms with E-state index in [0.29, 0.717) is 0 Å². The lowest BCUT2D eigenvalue weighted by molar-refractivity contribution is 1.62. The summed E-state index contributed by atoms with van der Waals surface area (Å²) in [5, 5.41) is 10.9. The average molecular weight is 383 g/mol. The highest BCUT2D eigenvalue weighted by atomic mass is 14.1. The highest BCUT2D eigenvalue weighted by Gasteiger charge is 2.11. The second-order valence-corrected chi connectivity index (χ2v) is 7.46. The van der Waals surface area contributed by atoms with E-state index in [1.54, 1.807) is 0 Å². The zero-order valence-electron chi connectivity index (χ0n) is 16.8. The molecular weight excluding hydrogens is 360 g/mol. The molecule has 6 aromatic rings. The molecular formula is C30H22. The van der Waals surface area contributed by atoms with E-state index in [1.165, 1.54) is 43.1 Å². The van der Waals surface area contributed by atoms with E-state index in [9.17, 15) is 0 Å². The fourth-order valence-electron chi connectivity index (χ4n) is 4.46. The minimum atomic E-state index is 1.14. The van der Waals surface area contributed by atoms with Crippen molar-refractivity contribution < 1.29 is 0 Å². The Morgan fingerprint density at radius 3 is 1.03 bits per heavy atom. The summed E-state index contributed by atoms with van der Waals surface area (Å²) in [6.45, 7) is 7.38. The largest absolute Gasteiger partial charge is 0.0984 e. The molecule has 0 radical (unpaired) electrons. The summed E-state index contributed by atoms with van der Waals surface area (Å²) in [4.78, 5) is 0. The van der Waals surface area contributed by atoms with Crippen molar-refractivity contribution in [3.63, 3.8) is 0 Å². The van der Waals surface area contributed by atoms with Crippen LogP contribution in [0.1, 0.15) is 11.1 Å². The van der Waals surface area contributed by atoms with Crippen LogP contribution < -0.4 is 0 Å². The molecule has 6 aromatic carbocycles. The first-order valence-corrected chi connectivity index (χ1v) is 10.2. The molecule has 0 spiro atoms. The van der Waals surface area contributed by atoms with Gasteiger partial charge in [0.2, 0.25) is 0 Å². The van der Waals surface area contributed by atoms with Gasteiger partial charge in [-0.1, -0.05) is 122 Å². The van der Waals surface area contributed by atoms with Crippen LogP contribution in [0.15, 0.2) is 110 Å². The Bertz CT molecular complexity index is 1320. The smallest absolute Gasteiger partial charge is 0.00264 e. The molecule has 0 saturated heterocycles. The van der Waals surface area contributed by atoms with E-state index in [4.69, 9.17) is 0 Å². The second-order valence-electron chi connectivity index (χ2n) is 7.46. The SMILES string of the molecule is C=Cc1ccccc1C=C.c1cc2cccc3c4cccc5cccc(c(c1)c23)c54. The van der Waals surface area contributed by atoms with Crippen LogP contribution in [0.5, 0.6) is 0 Å². The number of fused-ring (bicyclic) bond motifs is 2. The molecule has 0 heteroatoms. The maximum absolute atomic E-state index is 3.69. The van der Waals surface area contributed by atoms with Crippen LogP contribution in [0.3, 0.4) is 0 Å². The van der Waals surface area contributed by atoms with Crippen LogP contribution in [0.2, 0.25) is 0 Å². The lowest BCUT2D eigenvalue weighted by Crippen LogP contribution is -1.85. The zero-order valence-corrected chi connectivity index (χ0v) is 16.8. The van der Waals surface area contributed by atoms with Gasteiger partial charge in [-0.05, 0) is 54.2 Å². The molecule has 0 unspecified atom stereocenters. The summed E-state index contributed by atoms with van der Waals surface area (Å²) in [5.74, 6) is 0. The Hall–Kier alpha value is -3.90. The van der Waals surface area contributed by atoms with Crippen LogP contribution in [0, 0.1) is 0 Å². The molecule has 0 fully saturated rings. The summed E-state index contributed by atoms with van der Waals surface area (Å²) in [6.07, 6.45) is 3.66. The van der Waals surface area contributed by atoms with Gasteiger partial charge in [0.1, 0.15) is 0 Å². The van der Waals surface area contributed by atoms with Crippen molar-refractivity contribution in [3.8, 4) is 0 Å². The monoisotopic (exact) mass is 382 g/mol. The maximum atomic E-state index is 3.69. The third kappa shape index (κ3) is 2.86. The van der Waals surface area contributed by atoms with Gasteiger partial charge in [0.15, 0.2) is 0 Å². The first-order chi connectivity index (χ1) is 14.8. The molecule has 0 nitrogen and oxygen atoms in total. The highest BCUT2D eigenvalue weighted by molar-refractivity contribution is 6.32. The fourth-order valence-corrected chi connectivity index (χ4v) is 4.46. The predicted molar refractivity (Wildman–Crippen MR) is 134 cm³/mol. The van der Waals surface area contributed by atoms with Crippen LogP contribution in [-0.4, -0.2) is 0 Å². The van der Waals surface area contributed by atoms with E-state index < -0.39 is 0 Å². The first kappa shape index (κ1) is 18.1. The number of rotatable bonds is 2. The first-order valence-electron chi connectivity index (χ1n) is 10.2. The topological polar surface area (TPSA) is 0 Å². The summed E-state index contributed by atoms with van der Waals surface area (Å²) < 4.78 is 0. The third-order valence-electron chi connectivity index (χ3n) is 5.83. The van der Waals surface area contributed by atoms with E-state index in [1.807, 2.05) is 36.4 Å². The molecule has 0 aliphatic heterocycles. The Morgan fingerprint density at radius 1 is 0.400 bits per heavy atom. The standard InChI is InChI=1S/C20H12.C10H10/c1-5-13-6-2-11-17-18-12-4-8-14-7-3-10-16(20(14)18)15(9-1)19(13)17;1-3-9-7-5-6-8-10(9)4-2/h1-12H;3-8H,1-2H2. The van der Waals surface area contributed by atoms with Crippen molar-refractivity contribution in [3.05, 3.63) is 121 Å². The number of hydrogen-bond acceptors (Lipinski definition) is 0. The quantitative estimate of drug-likeness (QED) is 0.207. The van der Waals surface area contributed by atoms with Crippen molar-refractivity contribution in [2.45, 2.75) is 0 Å². The predicted octanol–water partition coefficient (Wildman–Crippen LogP) is 8.71. The van der Waals surface area contributed by atoms with Crippen LogP contribution in [0.25, 0.3) is 55.2 Å². The van der Waals surface area contributed by atoms with Crippen LogP contribution in [-0.2, 0) is 0 Å². The van der Waals surface area contributed by atoms with Crippen molar-refractivity contribution >= 4 is 55.2 Å². The normalized spacial score (nSPS) is 10.9. The number of hydrogen-bond donors (Lipinski definition) is 0. The summed E-state index contributed by atoms with van der Waals surface area (Å²) in [7, 11) is 0. The van der Waals surface area contributed by atoms with Gasteiger partial charge in [-0.3, -0.25) is 0 Å². The Kier molecular flexibility index (Phi) is 4.53. The van der Waals surface area contributed by atoms with Gasteiger partial charge >= 0.3 is 0 Å². The molecule has 0 aliphatic rings. The number of benzene rings is 6. The van der Waals surface area contributed by atoms with Crippen molar-refractivity contribution in [2.24, 2.45) is 0 Å². The average Bonchev–Trinajstić information content (AvgIpc) is 2.82. The molecule has 6 rings (SSSR count). The molecule has 0 heterocycles. The van der Waals surface area contributed by atoms with E-state index in [-0.39, 0.29) is 0 Å². The van der Waals surface area contributed by atoms with Gasteiger partial charge in [0, 0.05) is 0 Å². The van der Waals surface area contributed by atoms with Crippen molar-refractivity contribution in [2.75, 3.05) is 0 Å². The zero-order chi connectivity index (χ0) is 20.5. The summed E-state index contributed by atoms with van der Waals surface area (Å²) in [5.41, 5.74) is 2.27. The summed E-state index contributed by atoms with van der Waals surface area (Å²) in [6, 6.07) is 34.5. The second kappa shape index (κ2) is 7.50. The van der Waals surface area contributed by atoms with Crippen molar-refractivity contribution in [1.29, 1.82) is 0 Å². The molecule has 0 bridgehead atoms. The Morgan fingerprint density at radius 2 is 0.733 bits per heavy atom.